The molecule has 0 bridgehead atoms. The topological polar surface area (TPSA) is 134 Å². The van der Waals surface area contributed by atoms with Crippen LogP contribution in [0.15, 0.2) is 41.1 Å². The largest absolute Gasteiger partial charge is 0.415 e. The molecule has 5 rings (SSSR count). The molecular formula is C19H11F4N9O. The molecule has 2 aromatic carbocycles. The van der Waals surface area contributed by atoms with E-state index in [4.69, 9.17) is 5.73 Å². The summed E-state index contributed by atoms with van der Waals surface area (Å²) in [4.78, 5) is 9.14. The van der Waals surface area contributed by atoms with Gasteiger partial charge in [-0.1, -0.05) is 6.07 Å². The number of nitrogen functional groups attached to an aromatic ring is 1. The number of benzene rings is 2. The summed E-state index contributed by atoms with van der Waals surface area (Å²) in [5.41, 5.74) is 6.43. The van der Waals surface area contributed by atoms with Gasteiger partial charge in [0.25, 0.3) is 11.8 Å². The molecule has 0 aliphatic carbocycles. The molecule has 0 aliphatic rings. The molecule has 0 atom stereocenters. The van der Waals surface area contributed by atoms with Crippen LogP contribution in [-0.4, -0.2) is 40.4 Å². The van der Waals surface area contributed by atoms with E-state index in [1.165, 1.54) is 6.33 Å². The van der Waals surface area contributed by atoms with Gasteiger partial charge >= 0.3 is 6.43 Å². The van der Waals surface area contributed by atoms with Crippen molar-refractivity contribution in [3.63, 3.8) is 0 Å². The highest BCUT2D eigenvalue weighted by Gasteiger charge is 2.21. The predicted molar refractivity (Wildman–Crippen MR) is 104 cm³/mol. The molecule has 0 amide bonds. The maximum atomic E-state index is 14.6. The summed E-state index contributed by atoms with van der Waals surface area (Å²) in [5, 5.41) is 19.1. The highest BCUT2D eigenvalue weighted by Crippen LogP contribution is 2.28. The molecule has 0 fully saturated rings. The lowest BCUT2D eigenvalue weighted by atomic mass is 10.1. The maximum absolute atomic E-state index is 14.6. The number of hydrogen-bond acceptors (Lipinski definition) is 9. The van der Waals surface area contributed by atoms with Crippen LogP contribution in [0.3, 0.4) is 0 Å². The van der Waals surface area contributed by atoms with Gasteiger partial charge in [-0.05, 0) is 29.5 Å². The molecule has 33 heavy (non-hydrogen) atoms. The minimum Gasteiger partial charge on any atom is -0.415 e. The average molecular weight is 457 g/mol. The Kier molecular flexibility index (Phi) is 4.88. The Morgan fingerprint density at radius 1 is 1.00 bits per heavy atom. The van der Waals surface area contributed by atoms with Gasteiger partial charge in [-0.25, -0.2) is 18.7 Å². The molecule has 0 aliphatic heterocycles. The van der Waals surface area contributed by atoms with Crippen LogP contribution in [0.2, 0.25) is 0 Å². The van der Waals surface area contributed by atoms with E-state index in [9.17, 15) is 17.6 Å². The van der Waals surface area contributed by atoms with Gasteiger partial charge in [0.2, 0.25) is 5.82 Å². The van der Waals surface area contributed by atoms with Crippen LogP contribution in [0.25, 0.3) is 33.7 Å². The van der Waals surface area contributed by atoms with Gasteiger partial charge in [0, 0.05) is 16.5 Å². The quantitative estimate of drug-likeness (QED) is 0.395. The molecule has 3 heterocycles. The molecule has 0 saturated carbocycles. The summed E-state index contributed by atoms with van der Waals surface area (Å²) in [7, 11) is 0. The molecule has 166 valence electrons. The van der Waals surface area contributed by atoms with Crippen molar-refractivity contribution >= 4 is 16.7 Å². The molecule has 10 nitrogen and oxygen atoms in total. The van der Waals surface area contributed by atoms with Gasteiger partial charge in [0.1, 0.15) is 23.8 Å². The van der Waals surface area contributed by atoms with E-state index in [1.807, 2.05) is 0 Å². The van der Waals surface area contributed by atoms with Crippen LogP contribution in [0, 0.1) is 11.6 Å². The van der Waals surface area contributed by atoms with E-state index in [0.29, 0.717) is 22.3 Å². The zero-order chi connectivity index (χ0) is 23.1. The first kappa shape index (κ1) is 20.4. The first-order valence-electron chi connectivity index (χ1n) is 9.27. The smallest absolute Gasteiger partial charge is 0.314 e. The highest BCUT2D eigenvalue weighted by atomic mass is 19.3. The standard InChI is InChI=1S/C19H11F4N9O/c20-12-5-11(18-28-29-19(33-18)15(22)23)13(21)3-9(12)6-32-30-17(27-31-32)8-1-2-10-14(4-8)25-7-26-16(10)24/h1-5,7,15H,6H2,(H2,24,25,26). The number of anilines is 1. The van der Waals surface area contributed by atoms with Crippen molar-refractivity contribution in [2.24, 2.45) is 0 Å². The van der Waals surface area contributed by atoms with Crippen LogP contribution in [0.1, 0.15) is 17.9 Å². The van der Waals surface area contributed by atoms with Crippen molar-refractivity contribution in [2.75, 3.05) is 5.73 Å². The Hall–Kier alpha value is -4.49. The lowest BCUT2D eigenvalue weighted by molar-refractivity contribution is 0.116. The number of rotatable bonds is 5. The van der Waals surface area contributed by atoms with Crippen molar-refractivity contribution in [3.05, 3.63) is 59.7 Å². The average Bonchev–Trinajstić information content (AvgIpc) is 3.46. The van der Waals surface area contributed by atoms with Crippen LogP contribution >= 0.6 is 0 Å². The number of nitrogens with two attached hydrogens (primary N) is 1. The third-order valence-corrected chi connectivity index (χ3v) is 4.68. The second-order valence-electron chi connectivity index (χ2n) is 6.80. The fourth-order valence-electron chi connectivity index (χ4n) is 3.10. The summed E-state index contributed by atoms with van der Waals surface area (Å²) in [5.74, 6) is -2.78. The van der Waals surface area contributed by atoms with Crippen LogP contribution in [0.5, 0.6) is 0 Å². The molecule has 0 radical (unpaired) electrons. The zero-order valence-electron chi connectivity index (χ0n) is 16.3. The van der Waals surface area contributed by atoms with Gasteiger partial charge in [-0.2, -0.15) is 13.6 Å². The monoisotopic (exact) mass is 457 g/mol. The van der Waals surface area contributed by atoms with Crippen LogP contribution in [-0.2, 0) is 6.54 Å². The predicted octanol–water partition coefficient (Wildman–Crippen LogP) is 3.18. The Morgan fingerprint density at radius 2 is 1.85 bits per heavy atom. The number of fused-ring (bicyclic) bond motifs is 1. The summed E-state index contributed by atoms with van der Waals surface area (Å²) in [6.45, 7) is -0.245. The summed E-state index contributed by atoms with van der Waals surface area (Å²) in [6.07, 6.45) is -1.70. The number of nitrogens with zero attached hydrogens (tertiary/aromatic N) is 8. The lowest BCUT2D eigenvalue weighted by Gasteiger charge is -2.05. The normalized spacial score (nSPS) is 11.5. The van der Waals surface area contributed by atoms with Gasteiger partial charge < -0.3 is 10.2 Å². The number of halogens is 4. The SMILES string of the molecule is Nc1ncnc2cc(-c3nnn(Cc4cc(F)c(-c5nnc(C(F)F)o5)cc4F)n3)ccc12. The number of alkyl halides is 2. The number of aromatic nitrogens is 8. The van der Waals surface area contributed by atoms with Gasteiger partial charge in [-0.3, -0.25) is 0 Å². The van der Waals surface area contributed by atoms with Crippen molar-refractivity contribution in [1.29, 1.82) is 0 Å². The van der Waals surface area contributed by atoms with E-state index in [2.05, 4.69) is 40.0 Å². The Morgan fingerprint density at radius 3 is 2.64 bits per heavy atom. The minimum atomic E-state index is -3.03. The molecule has 14 heteroatoms. The van der Waals surface area contributed by atoms with Crippen molar-refractivity contribution in [3.8, 4) is 22.8 Å². The fraction of sp³-hybridized carbons (Fsp3) is 0.105. The van der Waals surface area contributed by atoms with E-state index in [1.54, 1.807) is 18.2 Å². The molecule has 0 saturated heterocycles. The van der Waals surface area contributed by atoms with Crippen molar-refractivity contribution in [1.82, 2.24) is 40.4 Å². The summed E-state index contributed by atoms with van der Waals surface area (Å²) < 4.78 is 59.0. The third-order valence-electron chi connectivity index (χ3n) is 4.68. The fourth-order valence-corrected chi connectivity index (χ4v) is 3.10. The van der Waals surface area contributed by atoms with Gasteiger partial charge in [-0.15, -0.1) is 20.4 Å². The number of hydrogen-bond donors (Lipinski definition) is 1. The van der Waals surface area contributed by atoms with Crippen molar-refractivity contribution in [2.45, 2.75) is 13.0 Å². The van der Waals surface area contributed by atoms with E-state index in [0.717, 1.165) is 16.9 Å². The van der Waals surface area contributed by atoms with E-state index in [-0.39, 0.29) is 17.9 Å². The minimum absolute atomic E-state index is 0.104. The zero-order valence-corrected chi connectivity index (χ0v) is 16.3. The second kappa shape index (κ2) is 7.89. The molecule has 0 spiro atoms. The summed E-state index contributed by atoms with van der Waals surface area (Å²) in [6, 6.07) is 6.76. The Labute approximate surface area is 181 Å². The molecule has 0 unspecified atom stereocenters. The molecule has 3 aromatic heterocycles. The van der Waals surface area contributed by atoms with Crippen molar-refractivity contribution < 1.29 is 22.0 Å². The molecular weight excluding hydrogens is 446 g/mol. The highest BCUT2D eigenvalue weighted by molar-refractivity contribution is 5.90. The first-order chi connectivity index (χ1) is 15.9. The summed E-state index contributed by atoms with van der Waals surface area (Å²) >= 11 is 0. The lowest BCUT2D eigenvalue weighted by Crippen LogP contribution is -2.07. The number of tetrazole rings is 1. The van der Waals surface area contributed by atoms with Crippen LogP contribution < -0.4 is 5.73 Å². The van der Waals surface area contributed by atoms with Gasteiger partial charge in [0.15, 0.2) is 0 Å². The van der Waals surface area contributed by atoms with E-state index >= 15 is 0 Å². The van der Waals surface area contributed by atoms with E-state index < -0.39 is 35.4 Å². The molecule has 2 N–H and O–H groups in total. The Balaban J connectivity index is 1.40. The molecule has 5 aromatic rings. The van der Waals surface area contributed by atoms with Crippen LogP contribution in [0.4, 0.5) is 23.4 Å². The van der Waals surface area contributed by atoms with Gasteiger partial charge in [0.05, 0.1) is 17.6 Å². The third kappa shape index (κ3) is 3.81. The maximum Gasteiger partial charge on any atom is 0.314 e. The first-order valence-corrected chi connectivity index (χ1v) is 9.27. The second-order valence-corrected chi connectivity index (χ2v) is 6.80. The Bertz CT molecular complexity index is 1480.